The summed E-state index contributed by atoms with van der Waals surface area (Å²) in [6, 6.07) is 2.97. The maximum absolute atomic E-state index is 12.9. The van der Waals surface area contributed by atoms with Crippen molar-refractivity contribution in [3.8, 4) is 11.7 Å². The molecule has 0 saturated heterocycles. The van der Waals surface area contributed by atoms with Gasteiger partial charge in [-0.3, -0.25) is 0 Å². The van der Waals surface area contributed by atoms with Crippen molar-refractivity contribution in [3.63, 3.8) is 0 Å². The molecule has 0 spiro atoms. The summed E-state index contributed by atoms with van der Waals surface area (Å²) >= 11 is 11.7. The largest absolute Gasteiger partial charge is 0.476 e. The zero-order chi connectivity index (χ0) is 15.6. The van der Waals surface area contributed by atoms with Crippen LogP contribution in [-0.2, 0) is 0 Å². The number of pyridine rings is 1. The van der Waals surface area contributed by atoms with Gasteiger partial charge in [0, 0.05) is 6.20 Å². The van der Waals surface area contributed by atoms with E-state index in [0.717, 1.165) is 4.68 Å². The van der Waals surface area contributed by atoms with Gasteiger partial charge in [-0.15, -0.1) is 5.10 Å². The molecule has 1 unspecified atom stereocenters. The predicted molar refractivity (Wildman–Crippen MR) is 69.8 cm³/mol. The van der Waals surface area contributed by atoms with Crippen molar-refractivity contribution in [2.75, 3.05) is 6.67 Å². The molecule has 0 aliphatic heterocycles. The number of halogens is 4. The zero-order valence-electron chi connectivity index (χ0n) is 10.1. The molecule has 0 bridgehead atoms. The number of hydrogen-bond donors (Lipinski definition) is 1. The summed E-state index contributed by atoms with van der Waals surface area (Å²) in [6.45, 7) is -1.43. The number of alkyl halides is 2. The van der Waals surface area contributed by atoms with Crippen molar-refractivity contribution < 1.29 is 23.4 Å². The number of ether oxygens (including phenoxy) is 1. The van der Waals surface area contributed by atoms with Crippen LogP contribution < -0.4 is 4.74 Å². The summed E-state index contributed by atoms with van der Waals surface area (Å²) in [4.78, 5) is 15.1. The van der Waals surface area contributed by atoms with Gasteiger partial charge in [0.15, 0.2) is 18.2 Å². The molecular weight excluding hydrogens is 331 g/mol. The molecule has 2 aromatic rings. The molecule has 6 nitrogen and oxygen atoms in total. The van der Waals surface area contributed by atoms with E-state index in [1.165, 1.54) is 18.3 Å². The van der Waals surface area contributed by atoms with E-state index in [0.29, 0.717) is 0 Å². The molecule has 0 fully saturated rings. The van der Waals surface area contributed by atoms with Crippen molar-refractivity contribution in [2.45, 2.75) is 6.36 Å². The van der Waals surface area contributed by atoms with E-state index in [1.807, 2.05) is 0 Å². The minimum Gasteiger partial charge on any atom is -0.476 e. The van der Waals surface area contributed by atoms with Crippen LogP contribution in [0, 0.1) is 0 Å². The van der Waals surface area contributed by atoms with E-state index in [4.69, 9.17) is 28.3 Å². The Labute approximate surface area is 126 Å². The molecule has 2 heterocycles. The number of aromatic nitrogens is 3. The first-order chi connectivity index (χ1) is 9.95. The first-order valence-electron chi connectivity index (χ1n) is 5.45. The molecule has 0 saturated carbocycles. The maximum Gasteiger partial charge on any atom is 0.356 e. The van der Waals surface area contributed by atoms with Gasteiger partial charge in [0.05, 0.1) is 5.02 Å². The van der Waals surface area contributed by atoms with E-state index in [1.54, 1.807) is 0 Å². The highest BCUT2D eigenvalue weighted by molar-refractivity contribution is 6.35. The van der Waals surface area contributed by atoms with Crippen molar-refractivity contribution in [1.82, 2.24) is 14.8 Å². The number of nitrogens with zero attached hydrogens (tertiary/aromatic N) is 3. The smallest absolute Gasteiger partial charge is 0.356 e. The fraction of sp³-hybridized carbons (Fsp3) is 0.182. The number of hydrogen-bond acceptors (Lipinski definition) is 4. The van der Waals surface area contributed by atoms with Crippen LogP contribution in [0.15, 0.2) is 18.3 Å². The third-order valence-corrected chi connectivity index (χ3v) is 2.94. The van der Waals surface area contributed by atoms with Crippen LogP contribution in [0.25, 0.3) is 5.82 Å². The topological polar surface area (TPSA) is 77.2 Å². The average Bonchev–Trinajstić information content (AvgIpc) is 2.76. The first-order valence-corrected chi connectivity index (χ1v) is 6.20. The van der Waals surface area contributed by atoms with Crippen molar-refractivity contribution in [3.05, 3.63) is 34.1 Å². The van der Waals surface area contributed by atoms with Gasteiger partial charge in [0.2, 0.25) is 0 Å². The van der Waals surface area contributed by atoms with E-state index in [2.05, 4.69) is 14.8 Å². The predicted octanol–water partition coefficient (Wildman–Crippen LogP) is 2.92. The number of carboxylic acids is 1. The molecule has 0 aliphatic carbocycles. The zero-order valence-corrected chi connectivity index (χ0v) is 11.6. The molecule has 0 aliphatic rings. The summed E-state index contributed by atoms with van der Waals surface area (Å²) < 4.78 is 30.3. The highest BCUT2D eigenvalue weighted by Gasteiger charge is 2.27. The Morgan fingerprint density at radius 1 is 1.52 bits per heavy atom. The number of carbonyl (C=O) groups is 1. The van der Waals surface area contributed by atoms with Crippen LogP contribution in [0.5, 0.6) is 5.88 Å². The van der Waals surface area contributed by atoms with Crippen molar-refractivity contribution in [2.24, 2.45) is 0 Å². The van der Waals surface area contributed by atoms with Gasteiger partial charge in [-0.2, -0.15) is 4.39 Å². The molecule has 1 atom stereocenters. The highest BCUT2D eigenvalue weighted by Crippen LogP contribution is 2.31. The van der Waals surface area contributed by atoms with Crippen LogP contribution >= 0.6 is 23.2 Å². The van der Waals surface area contributed by atoms with Crippen molar-refractivity contribution in [1.29, 1.82) is 0 Å². The van der Waals surface area contributed by atoms with Gasteiger partial charge in [0.25, 0.3) is 12.2 Å². The normalized spacial score (nSPS) is 12.2. The van der Waals surface area contributed by atoms with Gasteiger partial charge < -0.3 is 9.84 Å². The Bertz CT molecular complexity index is 681. The van der Waals surface area contributed by atoms with E-state index in [9.17, 15) is 13.6 Å². The minimum atomic E-state index is -2.31. The Balaban J connectivity index is 2.58. The van der Waals surface area contributed by atoms with E-state index in [-0.39, 0.29) is 10.8 Å². The lowest BCUT2D eigenvalue weighted by molar-refractivity contribution is 0.0391. The fourth-order valence-electron chi connectivity index (χ4n) is 1.48. The molecule has 21 heavy (non-hydrogen) atoms. The molecule has 112 valence electrons. The lowest BCUT2D eigenvalue weighted by Crippen LogP contribution is -2.13. The molecule has 2 rings (SSSR count). The van der Waals surface area contributed by atoms with Crippen LogP contribution in [0.3, 0.4) is 0 Å². The summed E-state index contributed by atoms with van der Waals surface area (Å²) in [5.74, 6) is -2.07. The van der Waals surface area contributed by atoms with Gasteiger partial charge in [0.1, 0.15) is 5.02 Å². The van der Waals surface area contributed by atoms with Gasteiger partial charge in [-0.05, 0) is 12.1 Å². The van der Waals surface area contributed by atoms with E-state index >= 15 is 0 Å². The van der Waals surface area contributed by atoms with Gasteiger partial charge in [-0.1, -0.05) is 23.2 Å². The lowest BCUT2D eigenvalue weighted by Gasteiger charge is -2.05. The monoisotopic (exact) mass is 337 g/mol. The molecule has 0 aromatic carbocycles. The molecular formula is C11H7Cl2F2N3O3. The lowest BCUT2D eigenvalue weighted by atomic mass is 10.4. The summed E-state index contributed by atoms with van der Waals surface area (Å²) in [7, 11) is 0. The summed E-state index contributed by atoms with van der Waals surface area (Å²) in [6.07, 6.45) is -0.964. The van der Waals surface area contributed by atoms with Crippen LogP contribution in [-0.4, -0.2) is 38.9 Å². The summed E-state index contributed by atoms with van der Waals surface area (Å²) in [5.41, 5.74) is -0.529. The van der Waals surface area contributed by atoms with Crippen molar-refractivity contribution >= 4 is 29.2 Å². The molecule has 10 heteroatoms. The van der Waals surface area contributed by atoms with Crippen LogP contribution in [0.1, 0.15) is 10.5 Å². The summed E-state index contributed by atoms with van der Waals surface area (Å²) in [5, 5.41) is 12.4. The maximum atomic E-state index is 12.9. The Morgan fingerprint density at radius 2 is 2.24 bits per heavy atom. The second kappa shape index (κ2) is 6.23. The fourth-order valence-corrected chi connectivity index (χ4v) is 1.92. The van der Waals surface area contributed by atoms with E-state index < -0.39 is 35.6 Å². The Morgan fingerprint density at radius 3 is 2.81 bits per heavy atom. The molecule has 0 amide bonds. The molecule has 2 aromatic heterocycles. The number of rotatable bonds is 5. The molecule has 1 N–H and O–H groups in total. The average molecular weight is 338 g/mol. The Kier molecular flexibility index (Phi) is 4.59. The highest BCUT2D eigenvalue weighted by atomic mass is 35.5. The third kappa shape index (κ3) is 3.06. The second-order valence-corrected chi connectivity index (χ2v) is 4.46. The third-order valence-electron chi connectivity index (χ3n) is 2.30. The standard InChI is InChI=1S/C11H7Cl2F2N3O3/c12-5-2-1-3-16-9(5)18-8(11(19)20)7(13)10(17-18)21-6(15)4-14/h1-3,6H,4H2,(H,19,20). The molecule has 0 radical (unpaired) electrons. The Hall–Kier alpha value is -1.93. The number of aromatic carboxylic acids is 1. The van der Waals surface area contributed by atoms with Gasteiger partial charge in [-0.25, -0.2) is 18.9 Å². The minimum absolute atomic E-state index is 0.0380. The SMILES string of the molecule is O=C(O)c1c(Cl)c(OC(F)CF)nn1-c1ncccc1Cl. The van der Waals surface area contributed by atoms with Gasteiger partial charge >= 0.3 is 5.97 Å². The quantitative estimate of drug-likeness (QED) is 0.907. The second-order valence-electron chi connectivity index (χ2n) is 3.68. The number of carboxylic acid groups (broad SMARTS) is 1. The van der Waals surface area contributed by atoms with Crippen LogP contribution in [0.2, 0.25) is 10.0 Å². The first kappa shape index (κ1) is 15.5. The van der Waals surface area contributed by atoms with Crippen LogP contribution in [0.4, 0.5) is 8.78 Å².